The smallest absolute Gasteiger partial charge is 0.475 e. The second-order valence-electron chi connectivity index (χ2n) is 5.63. The van der Waals surface area contributed by atoms with E-state index in [4.69, 9.17) is 9.90 Å². The second kappa shape index (κ2) is 8.01. The minimum atomic E-state index is -5.08. The van der Waals surface area contributed by atoms with Crippen molar-refractivity contribution in [2.45, 2.75) is 25.6 Å². The molecule has 0 atom stereocenters. The maximum Gasteiger partial charge on any atom is 0.490 e. The Morgan fingerprint density at radius 2 is 1.71 bits per heavy atom. The van der Waals surface area contributed by atoms with Crippen molar-refractivity contribution in [1.29, 1.82) is 0 Å². The van der Waals surface area contributed by atoms with Crippen molar-refractivity contribution in [2.75, 3.05) is 6.54 Å². The normalized spacial score (nSPS) is 14.0. The summed E-state index contributed by atoms with van der Waals surface area (Å²) in [5.74, 6) is -1.80. The Kier molecular flexibility index (Phi) is 6.03. The van der Waals surface area contributed by atoms with Gasteiger partial charge in [0.2, 0.25) is 0 Å². The van der Waals surface area contributed by atoms with Crippen LogP contribution in [-0.2, 0) is 11.3 Å². The molecule has 1 aromatic carbocycles. The van der Waals surface area contributed by atoms with E-state index in [0.717, 1.165) is 12.5 Å². The predicted octanol–water partition coefficient (Wildman–Crippen LogP) is 3.61. The number of hydrogen-bond donors (Lipinski definition) is 2. The molecule has 1 saturated carbocycles. The summed E-state index contributed by atoms with van der Waals surface area (Å²) in [6.45, 7) is 2.17. The summed E-state index contributed by atoms with van der Waals surface area (Å²) in [5, 5.41) is 10.6. The van der Waals surface area contributed by atoms with Crippen LogP contribution in [0.4, 0.5) is 13.2 Å². The van der Waals surface area contributed by atoms with Crippen molar-refractivity contribution >= 4 is 5.97 Å². The number of nitrogens with one attached hydrogen (secondary N) is 1. The fraction of sp³-hybridized carbons (Fsp3) is 0.353. The lowest BCUT2D eigenvalue weighted by Crippen LogP contribution is -2.21. The molecule has 0 radical (unpaired) electrons. The number of carboxylic acid groups (broad SMARTS) is 1. The summed E-state index contributed by atoms with van der Waals surface area (Å²) in [5.41, 5.74) is 2.59. The van der Waals surface area contributed by atoms with Gasteiger partial charge in [-0.2, -0.15) is 13.2 Å². The van der Waals surface area contributed by atoms with Gasteiger partial charge in [0.15, 0.2) is 0 Å². The first kappa shape index (κ1) is 18.1. The fourth-order valence-corrected chi connectivity index (χ4v) is 2.04. The van der Waals surface area contributed by atoms with E-state index < -0.39 is 12.1 Å². The number of carbonyl (C=O) groups is 1. The lowest BCUT2D eigenvalue weighted by molar-refractivity contribution is -0.192. The number of halogens is 3. The molecule has 130 valence electrons. The van der Waals surface area contributed by atoms with Gasteiger partial charge in [0.05, 0.1) is 0 Å². The zero-order chi connectivity index (χ0) is 17.6. The number of aliphatic carboxylic acids is 1. The highest BCUT2D eigenvalue weighted by Crippen LogP contribution is 2.27. The van der Waals surface area contributed by atoms with Crippen LogP contribution in [-0.4, -0.2) is 28.4 Å². The van der Waals surface area contributed by atoms with Crippen LogP contribution < -0.4 is 5.32 Å². The number of aromatic nitrogens is 1. The third-order valence-corrected chi connectivity index (χ3v) is 3.54. The van der Waals surface area contributed by atoms with Gasteiger partial charge in [-0.3, -0.25) is 0 Å². The van der Waals surface area contributed by atoms with Gasteiger partial charge in [-0.1, -0.05) is 12.1 Å². The van der Waals surface area contributed by atoms with Crippen LogP contribution in [0.2, 0.25) is 0 Å². The zero-order valence-electron chi connectivity index (χ0n) is 13.0. The molecule has 0 spiro atoms. The molecule has 24 heavy (non-hydrogen) atoms. The SMILES string of the molecule is O=C(O)C(F)(F)F.c1ccn(-c2ccc(CNCC3CC3)cc2)c1. The molecule has 0 amide bonds. The van der Waals surface area contributed by atoms with Crippen molar-refractivity contribution in [1.82, 2.24) is 9.88 Å². The van der Waals surface area contributed by atoms with Gasteiger partial charge < -0.3 is 15.0 Å². The van der Waals surface area contributed by atoms with E-state index in [0.29, 0.717) is 0 Å². The first-order valence-corrected chi connectivity index (χ1v) is 7.59. The first-order chi connectivity index (χ1) is 11.4. The first-order valence-electron chi connectivity index (χ1n) is 7.59. The fourth-order valence-electron chi connectivity index (χ4n) is 2.04. The molecule has 1 aliphatic rings. The van der Waals surface area contributed by atoms with Crippen LogP contribution in [0.5, 0.6) is 0 Å². The van der Waals surface area contributed by atoms with E-state index in [-0.39, 0.29) is 0 Å². The minimum absolute atomic E-state index is 0.953. The van der Waals surface area contributed by atoms with Crippen LogP contribution >= 0.6 is 0 Å². The van der Waals surface area contributed by atoms with Crippen LogP contribution in [0.25, 0.3) is 5.69 Å². The minimum Gasteiger partial charge on any atom is -0.475 e. The highest BCUT2D eigenvalue weighted by atomic mass is 19.4. The molecule has 3 rings (SSSR count). The summed E-state index contributed by atoms with van der Waals surface area (Å²) >= 11 is 0. The quantitative estimate of drug-likeness (QED) is 0.874. The molecule has 2 aromatic rings. The third-order valence-electron chi connectivity index (χ3n) is 3.54. The Morgan fingerprint density at radius 1 is 1.17 bits per heavy atom. The maximum absolute atomic E-state index is 10.6. The number of benzene rings is 1. The molecule has 1 aliphatic carbocycles. The molecule has 1 aromatic heterocycles. The molecule has 1 heterocycles. The van der Waals surface area contributed by atoms with E-state index in [1.54, 1.807) is 0 Å². The van der Waals surface area contributed by atoms with Crippen LogP contribution in [0, 0.1) is 5.92 Å². The third kappa shape index (κ3) is 6.08. The number of carboxylic acids is 1. The number of rotatable bonds is 5. The molecule has 0 saturated heterocycles. The summed E-state index contributed by atoms with van der Waals surface area (Å²) in [6, 6.07) is 12.9. The van der Waals surface area contributed by atoms with Crippen molar-refractivity contribution in [3.8, 4) is 5.69 Å². The molecular weight excluding hydrogens is 321 g/mol. The predicted molar refractivity (Wildman–Crippen MR) is 83.9 cm³/mol. The van der Waals surface area contributed by atoms with E-state index >= 15 is 0 Å². The van der Waals surface area contributed by atoms with Crippen molar-refractivity contribution < 1.29 is 23.1 Å². The summed E-state index contributed by atoms with van der Waals surface area (Å²) in [7, 11) is 0. The number of alkyl halides is 3. The van der Waals surface area contributed by atoms with E-state index in [9.17, 15) is 13.2 Å². The van der Waals surface area contributed by atoms with Gasteiger partial charge in [-0.05, 0) is 55.1 Å². The molecule has 0 aliphatic heterocycles. The monoisotopic (exact) mass is 340 g/mol. The molecular formula is C17H19F3N2O2. The number of hydrogen-bond acceptors (Lipinski definition) is 2. The van der Waals surface area contributed by atoms with E-state index in [2.05, 4.69) is 46.5 Å². The Balaban J connectivity index is 0.000000256. The summed E-state index contributed by atoms with van der Waals surface area (Å²) < 4.78 is 33.9. The molecule has 0 bridgehead atoms. The molecule has 7 heteroatoms. The number of nitrogens with zero attached hydrogens (tertiary/aromatic N) is 1. The van der Waals surface area contributed by atoms with Gasteiger partial charge in [0.25, 0.3) is 0 Å². The summed E-state index contributed by atoms with van der Waals surface area (Å²) in [4.78, 5) is 8.90. The average Bonchev–Trinajstić information content (AvgIpc) is 3.19. The van der Waals surface area contributed by atoms with Gasteiger partial charge in [0.1, 0.15) is 0 Å². The summed E-state index contributed by atoms with van der Waals surface area (Å²) in [6.07, 6.45) is 1.89. The molecule has 0 unspecified atom stereocenters. The van der Waals surface area contributed by atoms with Crippen molar-refractivity contribution in [3.63, 3.8) is 0 Å². The van der Waals surface area contributed by atoms with Crippen LogP contribution in [0.3, 0.4) is 0 Å². The van der Waals surface area contributed by atoms with Crippen LogP contribution in [0.15, 0.2) is 48.8 Å². The largest absolute Gasteiger partial charge is 0.490 e. The Bertz CT molecular complexity index is 633. The van der Waals surface area contributed by atoms with E-state index in [1.165, 1.54) is 30.6 Å². The highest BCUT2D eigenvalue weighted by Gasteiger charge is 2.38. The zero-order valence-corrected chi connectivity index (χ0v) is 13.0. The van der Waals surface area contributed by atoms with Gasteiger partial charge >= 0.3 is 12.1 Å². The van der Waals surface area contributed by atoms with E-state index in [1.807, 2.05) is 12.1 Å². The highest BCUT2D eigenvalue weighted by molar-refractivity contribution is 5.73. The second-order valence-corrected chi connectivity index (χ2v) is 5.63. The van der Waals surface area contributed by atoms with Crippen molar-refractivity contribution in [2.24, 2.45) is 5.92 Å². The Hall–Kier alpha value is -2.28. The van der Waals surface area contributed by atoms with Crippen LogP contribution in [0.1, 0.15) is 18.4 Å². The van der Waals surface area contributed by atoms with Gasteiger partial charge in [0, 0.05) is 24.6 Å². The van der Waals surface area contributed by atoms with Crippen molar-refractivity contribution in [3.05, 3.63) is 54.4 Å². The molecule has 4 nitrogen and oxygen atoms in total. The van der Waals surface area contributed by atoms with Gasteiger partial charge in [-0.25, -0.2) is 4.79 Å². The van der Waals surface area contributed by atoms with Gasteiger partial charge in [-0.15, -0.1) is 0 Å². The average molecular weight is 340 g/mol. The maximum atomic E-state index is 10.6. The topological polar surface area (TPSA) is 54.3 Å². The Morgan fingerprint density at radius 3 is 2.17 bits per heavy atom. The standard InChI is InChI=1S/C15H18N2.C2HF3O2/c1-2-10-17(9-1)15-7-5-14(6-8-15)12-16-11-13-3-4-13;3-2(4,5)1(6)7/h1-2,5-10,13,16H,3-4,11-12H2;(H,6,7). The Labute approximate surface area is 137 Å². The lowest BCUT2D eigenvalue weighted by atomic mass is 10.2. The lowest BCUT2D eigenvalue weighted by Gasteiger charge is -2.06. The molecule has 1 fully saturated rings. The molecule has 2 N–H and O–H groups in total.